The molecule has 37 heavy (non-hydrogen) atoms. The number of alkyl halides is 1. The molecule has 3 rings (SSSR count). The molecule has 0 atom stereocenters. The Bertz CT molecular complexity index is 1310. The summed E-state index contributed by atoms with van der Waals surface area (Å²) < 4.78 is 16.6. The van der Waals surface area contributed by atoms with Crippen LogP contribution < -0.4 is 19.9 Å². The van der Waals surface area contributed by atoms with Gasteiger partial charge in [-0.1, -0.05) is 58.4 Å². The van der Waals surface area contributed by atoms with E-state index in [1.165, 1.54) is 11.3 Å². The lowest BCUT2D eigenvalue weighted by molar-refractivity contribution is 0.208. The van der Waals surface area contributed by atoms with Gasteiger partial charge in [0, 0.05) is 10.8 Å². The lowest BCUT2D eigenvalue weighted by Crippen LogP contribution is -2.19. The number of primary amides is 1. The molecule has 7 nitrogen and oxygen atoms in total. The molecule has 0 aliphatic rings. The maximum atomic E-state index is 11.3. The summed E-state index contributed by atoms with van der Waals surface area (Å²) in [4.78, 5) is 16.5. The average molecular weight is 563 g/mol. The maximum absolute atomic E-state index is 11.3. The van der Waals surface area contributed by atoms with E-state index >= 15 is 0 Å². The van der Waals surface area contributed by atoms with Gasteiger partial charge in [-0.3, -0.25) is 0 Å². The Hall–Kier alpha value is -2.99. The van der Waals surface area contributed by atoms with Gasteiger partial charge >= 0.3 is 6.09 Å². The van der Waals surface area contributed by atoms with Crippen LogP contribution in [0.5, 0.6) is 17.4 Å². The zero-order valence-corrected chi connectivity index (χ0v) is 23.7. The smallest absolute Gasteiger partial charge is 0.411 e. The van der Waals surface area contributed by atoms with Gasteiger partial charge in [0.15, 0.2) is 5.75 Å². The molecule has 0 fully saturated rings. The molecule has 1 amide bonds. The summed E-state index contributed by atoms with van der Waals surface area (Å²) in [5, 5.41) is 10.7. The van der Waals surface area contributed by atoms with Crippen molar-refractivity contribution in [1.29, 1.82) is 5.26 Å². The first-order valence-corrected chi connectivity index (χ1v) is 13.2. The Labute approximate surface area is 231 Å². The van der Waals surface area contributed by atoms with Crippen molar-refractivity contribution in [3.63, 3.8) is 0 Å². The summed E-state index contributed by atoms with van der Waals surface area (Å²) in [5.41, 5.74) is 6.72. The molecule has 0 radical (unpaired) electrons. The second kappa shape index (κ2) is 11.6. The minimum absolute atomic E-state index is 0.212. The number of nitrogens with two attached hydrogens (primary N) is 1. The quantitative estimate of drug-likeness (QED) is 0.283. The highest BCUT2D eigenvalue weighted by atomic mass is 35.5. The third kappa shape index (κ3) is 6.86. The van der Waals surface area contributed by atoms with Crippen molar-refractivity contribution in [3.05, 3.63) is 68.0 Å². The van der Waals surface area contributed by atoms with E-state index in [1.54, 1.807) is 6.07 Å². The molecule has 2 N–H and O–H groups in total. The summed E-state index contributed by atoms with van der Waals surface area (Å²) in [6, 6.07) is 13.5. The van der Waals surface area contributed by atoms with Crippen molar-refractivity contribution in [3.8, 4) is 23.4 Å². The lowest BCUT2D eigenvalue weighted by Gasteiger charge is -2.27. The van der Waals surface area contributed by atoms with Gasteiger partial charge < -0.3 is 19.9 Å². The van der Waals surface area contributed by atoms with Gasteiger partial charge in [0.1, 0.15) is 30.0 Å². The van der Waals surface area contributed by atoms with Crippen molar-refractivity contribution in [2.24, 2.45) is 5.73 Å². The Morgan fingerprint density at radius 1 is 1.11 bits per heavy atom. The van der Waals surface area contributed by atoms with Crippen LogP contribution in [0, 0.1) is 11.3 Å². The molecular formula is C27H29Cl2N3O4S. The number of aromatic nitrogens is 1. The van der Waals surface area contributed by atoms with Crippen LogP contribution in [0.4, 0.5) is 4.79 Å². The normalized spacial score (nSPS) is 11.6. The van der Waals surface area contributed by atoms with Gasteiger partial charge in [-0.15, -0.1) is 22.9 Å². The van der Waals surface area contributed by atoms with Gasteiger partial charge in [0.25, 0.3) is 0 Å². The van der Waals surface area contributed by atoms with E-state index in [0.717, 1.165) is 16.0 Å². The minimum atomic E-state index is -0.901. The number of rotatable bonds is 9. The van der Waals surface area contributed by atoms with Crippen molar-refractivity contribution < 1.29 is 19.0 Å². The number of hydrogen-bond donors (Lipinski definition) is 1. The first-order chi connectivity index (χ1) is 17.4. The van der Waals surface area contributed by atoms with Crippen LogP contribution in [0.1, 0.15) is 61.2 Å². The Balaban J connectivity index is 1.78. The average Bonchev–Trinajstić information content (AvgIpc) is 3.24. The molecule has 0 aliphatic heterocycles. The zero-order chi connectivity index (χ0) is 27.4. The van der Waals surface area contributed by atoms with Gasteiger partial charge in [-0.25, -0.2) is 9.78 Å². The number of nitrogens with zero attached hydrogens (tertiary/aromatic N) is 2. The number of thiazole rings is 1. The third-order valence-electron chi connectivity index (χ3n) is 5.67. The van der Waals surface area contributed by atoms with E-state index < -0.39 is 11.5 Å². The van der Waals surface area contributed by atoms with Crippen molar-refractivity contribution in [2.75, 3.05) is 12.5 Å². The first-order valence-electron chi connectivity index (χ1n) is 11.5. The van der Waals surface area contributed by atoms with Gasteiger partial charge in [-0.05, 0) is 35.4 Å². The first kappa shape index (κ1) is 28.6. The van der Waals surface area contributed by atoms with E-state index in [9.17, 15) is 10.1 Å². The predicted molar refractivity (Wildman–Crippen MR) is 146 cm³/mol. The molecule has 1 heterocycles. The number of ether oxygens (including phenoxy) is 3. The molecule has 0 unspecified atom stereocenters. The largest absolute Gasteiger partial charge is 0.489 e. The zero-order valence-electron chi connectivity index (χ0n) is 21.4. The summed E-state index contributed by atoms with van der Waals surface area (Å²) in [7, 11) is 0. The highest BCUT2D eigenvalue weighted by molar-refractivity contribution is 7.12. The molecule has 0 saturated heterocycles. The molecule has 1 aromatic heterocycles. The van der Waals surface area contributed by atoms with Crippen LogP contribution in [0.15, 0.2) is 36.4 Å². The number of carbonyl (C=O) groups is 1. The molecule has 0 bridgehead atoms. The molecule has 0 saturated carbocycles. The standard InChI is InChI=1S/C27H29Cl2N3O4S/c1-26(2,3)23-24(36-25(31)33)32-21(37-23)15-35-19-8-6-17(7-9-19)27(4,5)18-12-16(14-30)22(20(29)13-18)34-11-10-28/h6-9,12-13H,10-11,15H2,1-5H3,(H2,31,33). The van der Waals surface area contributed by atoms with Crippen molar-refractivity contribution in [2.45, 2.75) is 52.1 Å². The van der Waals surface area contributed by atoms with E-state index in [-0.39, 0.29) is 24.5 Å². The number of hydrogen-bond acceptors (Lipinski definition) is 7. The highest BCUT2D eigenvalue weighted by Crippen LogP contribution is 2.39. The second-order valence-corrected chi connectivity index (χ2v) is 11.7. The van der Waals surface area contributed by atoms with Crippen molar-refractivity contribution >= 4 is 40.6 Å². The third-order valence-corrected chi connectivity index (χ3v) is 7.54. The molecular weight excluding hydrogens is 533 g/mol. The van der Waals surface area contributed by atoms with Crippen LogP contribution >= 0.6 is 34.5 Å². The number of amides is 1. The molecule has 0 spiro atoms. The lowest BCUT2D eigenvalue weighted by atomic mass is 9.77. The van der Waals surface area contributed by atoms with Gasteiger partial charge in [0.2, 0.25) is 5.88 Å². The van der Waals surface area contributed by atoms with E-state index in [0.29, 0.717) is 33.0 Å². The topological polar surface area (TPSA) is 107 Å². The number of benzene rings is 2. The molecule has 2 aromatic carbocycles. The van der Waals surface area contributed by atoms with Crippen LogP contribution in [-0.2, 0) is 17.4 Å². The van der Waals surface area contributed by atoms with E-state index in [2.05, 4.69) is 24.9 Å². The molecule has 10 heteroatoms. The fraction of sp³-hybridized carbons (Fsp3) is 0.370. The summed E-state index contributed by atoms with van der Waals surface area (Å²) >= 11 is 13.6. The highest BCUT2D eigenvalue weighted by Gasteiger charge is 2.27. The fourth-order valence-electron chi connectivity index (χ4n) is 3.65. The van der Waals surface area contributed by atoms with Crippen LogP contribution in [0.25, 0.3) is 0 Å². The molecule has 196 valence electrons. The summed E-state index contributed by atoms with van der Waals surface area (Å²) in [6.45, 7) is 10.6. The van der Waals surface area contributed by atoms with Crippen LogP contribution in [-0.4, -0.2) is 23.6 Å². The van der Waals surface area contributed by atoms with Gasteiger partial charge in [0.05, 0.1) is 21.3 Å². The monoisotopic (exact) mass is 561 g/mol. The molecule has 0 aliphatic carbocycles. The number of nitriles is 1. The Kier molecular flexibility index (Phi) is 8.96. The minimum Gasteiger partial charge on any atom is -0.489 e. The molecule has 3 aromatic rings. The summed E-state index contributed by atoms with van der Waals surface area (Å²) in [5.74, 6) is 1.51. The Morgan fingerprint density at radius 3 is 2.35 bits per heavy atom. The maximum Gasteiger partial charge on any atom is 0.411 e. The number of halogens is 2. The van der Waals surface area contributed by atoms with Crippen LogP contribution in [0.3, 0.4) is 0 Å². The number of carbonyl (C=O) groups excluding carboxylic acids is 1. The predicted octanol–water partition coefficient (Wildman–Crippen LogP) is 6.95. The van der Waals surface area contributed by atoms with E-state index in [4.69, 9.17) is 43.1 Å². The van der Waals surface area contributed by atoms with Crippen LogP contribution in [0.2, 0.25) is 5.02 Å². The summed E-state index contributed by atoms with van der Waals surface area (Å²) in [6.07, 6.45) is -0.901. The fourth-order valence-corrected chi connectivity index (χ4v) is 4.97. The SMILES string of the molecule is CC(C)(C)c1sc(COc2ccc(C(C)(C)c3cc(Cl)c(OCCCl)c(C#N)c3)cc2)nc1OC(N)=O. The van der Waals surface area contributed by atoms with Crippen molar-refractivity contribution in [1.82, 2.24) is 4.98 Å². The van der Waals surface area contributed by atoms with Gasteiger partial charge in [-0.2, -0.15) is 5.26 Å². The Morgan fingerprint density at radius 2 is 1.78 bits per heavy atom. The van der Waals surface area contributed by atoms with E-state index in [1.807, 2.05) is 51.1 Å². The second-order valence-electron chi connectivity index (χ2n) is 9.84.